The quantitative estimate of drug-likeness (QED) is 0.607. The zero-order valence-electron chi connectivity index (χ0n) is 13.5. The molecule has 0 saturated heterocycles. The van der Waals surface area contributed by atoms with Crippen LogP contribution in [0.25, 0.3) is 0 Å². The maximum atomic E-state index is 12.7. The third kappa shape index (κ3) is 3.24. The van der Waals surface area contributed by atoms with Gasteiger partial charge in [0.1, 0.15) is 0 Å². The van der Waals surface area contributed by atoms with Gasteiger partial charge in [-0.25, -0.2) is 12.7 Å². The third-order valence-corrected chi connectivity index (χ3v) is 5.94. The normalized spacial score (nSPS) is 18.6. The van der Waals surface area contributed by atoms with E-state index in [4.69, 9.17) is 4.74 Å². The van der Waals surface area contributed by atoms with E-state index in [9.17, 15) is 18.0 Å². The number of carbonyl (C=O) groups excluding carboxylic acids is 2. The van der Waals surface area contributed by atoms with Crippen LogP contribution >= 0.6 is 0 Å². The van der Waals surface area contributed by atoms with Crippen molar-refractivity contribution in [2.45, 2.75) is 51.0 Å². The Morgan fingerprint density at radius 1 is 1.30 bits per heavy atom. The first-order chi connectivity index (χ1) is 10.8. The van der Waals surface area contributed by atoms with Crippen LogP contribution in [-0.4, -0.2) is 31.2 Å². The highest BCUT2D eigenvalue weighted by Gasteiger charge is 2.46. The van der Waals surface area contributed by atoms with E-state index < -0.39 is 27.9 Å². The lowest BCUT2D eigenvalue weighted by Gasteiger charge is -2.21. The summed E-state index contributed by atoms with van der Waals surface area (Å²) in [5, 5.41) is 0. The maximum absolute atomic E-state index is 12.7. The molecular weight excluding hydrogens is 318 g/mol. The average Bonchev–Trinajstić information content (AvgIpc) is 2.68. The summed E-state index contributed by atoms with van der Waals surface area (Å²) < 4.78 is 31.2. The van der Waals surface area contributed by atoms with Gasteiger partial charge in [-0.1, -0.05) is 31.5 Å². The van der Waals surface area contributed by atoms with E-state index >= 15 is 0 Å². The predicted octanol–water partition coefficient (Wildman–Crippen LogP) is 2.32. The molecule has 1 aromatic rings. The molecule has 0 saturated carbocycles. The standard InChI is InChI=1S/C16H21NO5S/c1-4-5-9-22-15(19)10-14-13-8-6-7-11(2)16(13)23(20,21)17(14)12(3)18/h6-8,14H,4-5,9-10H2,1-3H3. The Morgan fingerprint density at radius 2 is 2.00 bits per heavy atom. The summed E-state index contributed by atoms with van der Waals surface area (Å²) in [6, 6.07) is 4.22. The number of nitrogens with zero attached hydrogens (tertiary/aromatic N) is 1. The van der Waals surface area contributed by atoms with Crippen LogP contribution in [0.5, 0.6) is 0 Å². The van der Waals surface area contributed by atoms with Crippen LogP contribution in [0.3, 0.4) is 0 Å². The van der Waals surface area contributed by atoms with Crippen LogP contribution in [0.2, 0.25) is 0 Å². The number of rotatable bonds is 5. The summed E-state index contributed by atoms with van der Waals surface area (Å²) in [5.41, 5.74) is 1.04. The smallest absolute Gasteiger partial charge is 0.308 e. The first-order valence-corrected chi connectivity index (χ1v) is 9.04. The fourth-order valence-corrected chi connectivity index (χ4v) is 4.85. The molecule has 1 aliphatic rings. The van der Waals surface area contributed by atoms with Gasteiger partial charge in [0.15, 0.2) is 0 Å². The first kappa shape index (κ1) is 17.5. The molecule has 0 fully saturated rings. The van der Waals surface area contributed by atoms with Crippen molar-refractivity contribution in [2.24, 2.45) is 0 Å². The number of esters is 1. The molecule has 6 nitrogen and oxygen atoms in total. The minimum absolute atomic E-state index is 0.126. The van der Waals surface area contributed by atoms with Crippen LogP contribution in [0.15, 0.2) is 23.1 Å². The highest BCUT2D eigenvalue weighted by Crippen LogP contribution is 2.43. The van der Waals surface area contributed by atoms with Crippen molar-refractivity contribution in [3.8, 4) is 0 Å². The van der Waals surface area contributed by atoms with E-state index in [1.165, 1.54) is 6.92 Å². The van der Waals surface area contributed by atoms with Gasteiger partial charge in [0.2, 0.25) is 5.91 Å². The van der Waals surface area contributed by atoms with Gasteiger partial charge in [-0.05, 0) is 24.5 Å². The molecule has 2 rings (SSSR count). The number of ether oxygens (including phenoxy) is 1. The van der Waals surface area contributed by atoms with Crippen molar-refractivity contribution in [3.63, 3.8) is 0 Å². The molecule has 0 aromatic heterocycles. The van der Waals surface area contributed by atoms with Crippen molar-refractivity contribution in [3.05, 3.63) is 29.3 Å². The number of unbranched alkanes of at least 4 members (excludes halogenated alkanes) is 1. The Morgan fingerprint density at radius 3 is 2.61 bits per heavy atom. The Labute approximate surface area is 136 Å². The largest absolute Gasteiger partial charge is 0.466 e. The van der Waals surface area contributed by atoms with Crippen molar-refractivity contribution in [2.75, 3.05) is 6.61 Å². The predicted molar refractivity (Wildman–Crippen MR) is 84.1 cm³/mol. The molecule has 7 heteroatoms. The molecule has 126 valence electrons. The molecular formula is C16H21NO5S. The second-order valence-corrected chi connectivity index (χ2v) is 7.36. The van der Waals surface area contributed by atoms with Crippen LogP contribution < -0.4 is 0 Å². The van der Waals surface area contributed by atoms with Crippen LogP contribution in [0.1, 0.15) is 50.3 Å². The van der Waals surface area contributed by atoms with E-state index in [1.807, 2.05) is 6.92 Å². The minimum atomic E-state index is -3.92. The molecule has 23 heavy (non-hydrogen) atoms. The van der Waals surface area contributed by atoms with E-state index in [-0.39, 0.29) is 11.3 Å². The Balaban J connectivity index is 2.36. The number of aryl methyl sites for hydroxylation is 1. The lowest BCUT2D eigenvalue weighted by molar-refractivity contribution is -0.145. The van der Waals surface area contributed by atoms with Crippen molar-refractivity contribution in [1.29, 1.82) is 0 Å². The number of amides is 1. The molecule has 1 heterocycles. The Kier molecular flexibility index (Phi) is 5.09. The summed E-state index contributed by atoms with van der Waals surface area (Å²) >= 11 is 0. The van der Waals surface area contributed by atoms with E-state index in [0.717, 1.165) is 17.1 Å². The highest BCUT2D eigenvalue weighted by molar-refractivity contribution is 7.90. The third-order valence-electron chi connectivity index (χ3n) is 3.83. The fraction of sp³-hybridized carbons (Fsp3) is 0.500. The van der Waals surface area contributed by atoms with E-state index in [1.54, 1.807) is 25.1 Å². The lowest BCUT2D eigenvalue weighted by atomic mass is 10.0. The van der Waals surface area contributed by atoms with Gasteiger partial charge >= 0.3 is 5.97 Å². The maximum Gasteiger partial charge on any atom is 0.308 e. The van der Waals surface area contributed by atoms with Crippen LogP contribution in [0, 0.1) is 6.92 Å². The molecule has 0 bridgehead atoms. The summed E-state index contributed by atoms with van der Waals surface area (Å²) in [6.45, 7) is 5.15. The second-order valence-electron chi connectivity index (χ2n) is 5.61. The minimum Gasteiger partial charge on any atom is -0.466 e. The molecule has 1 aromatic carbocycles. The number of hydrogen-bond donors (Lipinski definition) is 0. The molecule has 0 spiro atoms. The summed E-state index contributed by atoms with van der Waals surface area (Å²) in [7, 11) is -3.92. The van der Waals surface area contributed by atoms with Gasteiger partial charge in [-0.15, -0.1) is 0 Å². The monoisotopic (exact) mass is 339 g/mol. The number of benzene rings is 1. The highest BCUT2D eigenvalue weighted by atomic mass is 32.2. The number of hydrogen-bond acceptors (Lipinski definition) is 5. The van der Waals surface area contributed by atoms with Gasteiger partial charge in [-0.3, -0.25) is 9.59 Å². The lowest BCUT2D eigenvalue weighted by Crippen LogP contribution is -2.34. The van der Waals surface area contributed by atoms with Crippen molar-refractivity contribution < 1.29 is 22.7 Å². The Hall–Kier alpha value is -1.89. The molecule has 1 amide bonds. The summed E-state index contributed by atoms with van der Waals surface area (Å²) in [6.07, 6.45) is 1.48. The number of sulfonamides is 1. The topological polar surface area (TPSA) is 80.8 Å². The summed E-state index contributed by atoms with van der Waals surface area (Å²) in [5.74, 6) is -1.11. The zero-order chi connectivity index (χ0) is 17.2. The van der Waals surface area contributed by atoms with E-state index in [2.05, 4.69) is 0 Å². The van der Waals surface area contributed by atoms with E-state index in [0.29, 0.717) is 17.7 Å². The SMILES string of the molecule is CCCCOC(=O)CC1c2cccc(C)c2S(=O)(=O)N1C(C)=O. The molecule has 1 unspecified atom stereocenters. The van der Waals surface area contributed by atoms with Gasteiger partial charge in [0.05, 0.1) is 24.0 Å². The Bertz CT molecular complexity index is 726. The second kappa shape index (κ2) is 6.70. The van der Waals surface area contributed by atoms with Gasteiger partial charge in [-0.2, -0.15) is 0 Å². The molecule has 0 N–H and O–H groups in total. The molecule has 0 radical (unpaired) electrons. The fourth-order valence-electron chi connectivity index (χ4n) is 2.81. The first-order valence-electron chi connectivity index (χ1n) is 7.60. The van der Waals surface area contributed by atoms with Crippen molar-refractivity contribution in [1.82, 2.24) is 4.31 Å². The van der Waals surface area contributed by atoms with Crippen molar-refractivity contribution >= 4 is 21.9 Å². The van der Waals surface area contributed by atoms with Gasteiger partial charge < -0.3 is 4.74 Å². The number of fused-ring (bicyclic) bond motifs is 1. The van der Waals surface area contributed by atoms with Crippen LogP contribution in [-0.2, 0) is 24.3 Å². The van der Waals surface area contributed by atoms with Gasteiger partial charge in [0.25, 0.3) is 10.0 Å². The molecule has 0 aliphatic carbocycles. The zero-order valence-corrected chi connectivity index (χ0v) is 14.4. The molecule has 1 atom stereocenters. The molecule has 1 aliphatic heterocycles. The number of carbonyl (C=O) groups is 2. The average molecular weight is 339 g/mol. The van der Waals surface area contributed by atoms with Crippen LogP contribution in [0.4, 0.5) is 0 Å². The van der Waals surface area contributed by atoms with Gasteiger partial charge in [0, 0.05) is 6.92 Å². The summed E-state index contributed by atoms with van der Waals surface area (Å²) in [4.78, 5) is 24.0.